The Morgan fingerprint density at radius 1 is 1.17 bits per heavy atom. The van der Waals surface area contributed by atoms with E-state index in [0.29, 0.717) is 34.8 Å². The second-order valence-corrected chi connectivity index (χ2v) is 7.74. The van der Waals surface area contributed by atoms with E-state index < -0.39 is 5.76 Å². The molecule has 2 aromatic carbocycles. The van der Waals surface area contributed by atoms with E-state index in [4.69, 9.17) is 16.0 Å². The molecule has 3 heterocycles. The van der Waals surface area contributed by atoms with Gasteiger partial charge in [-0.3, -0.25) is 14.3 Å². The Kier molecular flexibility index (Phi) is 4.36. The molecule has 29 heavy (non-hydrogen) atoms. The molecule has 6 nitrogen and oxygen atoms in total. The van der Waals surface area contributed by atoms with Gasteiger partial charge in [0, 0.05) is 35.3 Å². The molecule has 1 aliphatic rings. The van der Waals surface area contributed by atoms with E-state index >= 15 is 0 Å². The first kappa shape index (κ1) is 17.9. The molecule has 0 spiro atoms. The predicted molar refractivity (Wildman–Crippen MR) is 111 cm³/mol. The first-order valence-electron chi connectivity index (χ1n) is 9.55. The lowest BCUT2D eigenvalue weighted by molar-refractivity contribution is 0.0678. The number of oxazole rings is 1. The van der Waals surface area contributed by atoms with E-state index in [9.17, 15) is 9.59 Å². The van der Waals surface area contributed by atoms with Crippen molar-refractivity contribution in [3.05, 3.63) is 75.9 Å². The zero-order chi connectivity index (χ0) is 20.0. The van der Waals surface area contributed by atoms with Gasteiger partial charge in [0.15, 0.2) is 5.58 Å². The van der Waals surface area contributed by atoms with Crippen molar-refractivity contribution in [1.82, 2.24) is 14.5 Å². The summed E-state index contributed by atoms with van der Waals surface area (Å²) in [5, 5.41) is 1.47. The number of rotatable bonds is 2. The molecule has 146 valence electrons. The van der Waals surface area contributed by atoms with Gasteiger partial charge in [0.25, 0.3) is 5.91 Å². The monoisotopic (exact) mass is 407 g/mol. The van der Waals surface area contributed by atoms with Gasteiger partial charge in [-0.1, -0.05) is 17.7 Å². The van der Waals surface area contributed by atoms with Crippen molar-refractivity contribution in [2.45, 2.75) is 18.9 Å². The summed E-state index contributed by atoms with van der Waals surface area (Å²) in [7, 11) is 0. The second kappa shape index (κ2) is 7.04. The van der Waals surface area contributed by atoms with Crippen molar-refractivity contribution < 1.29 is 9.21 Å². The fourth-order valence-electron chi connectivity index (χ4n) is 4.09. The zero-order valence-corrected chi connectivity index (χ0v) is 16.3. The summed E-state index contributed by atoms with van der Waals surface area (Å²) in [5.41, 5.74) is 2.65. The van der Waals surface area contributed by atoms with Crippen LogP contribution in [0.2, 0.25) is 5.02 Å². The van der Waals surface area contributed by atoms with Crippen LogP contribution in [0.15, 0.2) is 63.9 Å². The summed E-state index contributed by atoms with van der Waals surface area (Å²) in [5.74, 6) is -0.460. The lowest BCUT2D eigenvalue weighted by Gasteiger charge is -2.33. The van der Waals surface area contributed by atoms with Gasteiger partial charge in [-0.2, -0.15) is 0 Å². The number of likely N-dealkylation sites (tertiary alicyclic amines) is 1. The van der Waals surface area contributed by atoms with E-state index in [1.807, 2.05) is 29.2 Å². The van der Waals surface area contributed by atoms with Crippen LogP contribution in [0.25, 0.3) is 22.0 Å². The summed E-state index contributed by atoms with van der Waals surface area (Å²) < 4.78 is 7.00. The number of carbonyl (C=O) groups excluding carboxylic acids is 1. The number of halogens is 1. The van der Waals surface area contributed by atoms with Gasteiger partial charge in [0.05, 0.1) is 17.1 Å². The van der Waals surface area contributed by atoms with Gasteiger partial charge < -0.3 is 9.32 Å². The molecule has 5 rings (SSSR count). The highest BCUT2D eigenvalue weighted by molar-refractivity contribution is 6.31. The fourth-order valence-corrected chi connectivity index (χ4v) is 4.26. The van der Waals surface area contributed by atoms with Gasteiger partial charge in [0.2, 0.25) is 0 Å². The maximum absolute atomic E-state index is 13.1. The van der Waals surface area contributed by atoms with Crippen molar-refractivity contribution in [2.24, 2.45) is 0 Å². The summed E-state index contributed by atoms with van der Waals surface area (Å²) in [6, 6.07) is 14.3. The maximum Gasteiger partial charge on any atom is 0.420 e. The molecule has 7 heteroatoms. The summed E-state index contributed by atoms with van der Waals surface area (Å²) in [6.45, 7) is 1.11. The molecule has 2 aromatic heterocycles. The van der Waals surface area contributed by atoms with Crippen LogP contribution >= 0.6 is 11.6 Å². The van der Waals surface area contributed by atoms with Crippen LogP contribution in [0.3, 0.4) is 0 Å². The average molecular weight is 408 g/mol. The minimum Gasteiger partial charge on any atom is -0.408 e. The molecule has 1 amide bonds. The average Bonchev–Trinajstić information content (AvgIpc) is 3.07. The standard InChI is InChI=1S/C22H18ClN3O3/c23-16-6-8-20-19(12-16)26(22(28)29-20)17-4-2-10-25(13-17)21(27)15-5-7-18-14(11-15)3-1-9-24-18/h1,3,5-9,11-12,17H,2,4,10,13H2/t17-/m0/s1. The van der Waals surface area contributed by atoms with Gasteiger partial charge >= 0.3 is 5.76 Å². The second-order valence-electron chi connectivity index (χ2n) is 7.31. The predicted octanol–water partition coefficient (Wildman–Crippen LogP) is 4.27. The molecule has 0 radical (unpaired) electrons. The third-order valence-electron chi connectivity index (χ3n) is 5.47. The van der Waals surface area contributed by atoms with Crippen molar-refractivity contribution >= 4 is 39.5 Å². The van der Waals surface area contributed by atoms with E-state index in [-0.39, 0.29) is 11.9 Å². The van der Waals surface area contributed by atoms with Crippen LogP contribution in [0.4, 0.5) is 0 Å². The van der Waals surface area contributed by atoms with Crippen LogP contribution in [-0.2, 0) is 0 Å². The lowest BCUT2D eigenvalue weighted by atomic mass is 10.0. The number of amides is 1. The molecular formula is C22H18ClN3O3. The number of aromatic nitrogens is 2. The molecule has 0 aliphatic carbocycles. The summed E-state index contributed by atoms with van der Waals surface area (Å²) in [6.07, 6.45) is 3.34. The zero-order valence-electron chi connectivity index (χ0n) is 15.5. The summed E-state index contributed by atoms with van der Waals surface area (Å²) in [4.78, 5) is 31.7. The highest BCUT2D eigenvalue weighted by Crippen LogP contribution is 2.27. The number of hydrogen-bond donors (Lipinski definition) is 0. The van der Waals surface area contributed by atoms with Gasteiger partial charge in [-0.25, -0.2) is 4.79 Å². The molecule has 0 unspecified atom stereocenters. The van der Waals surface area contributed by atoms with Crippen LogP contribution in [0, 0.1) is 0 Å². The molecule has 1 aliphatic heterocycles. The fraction of sp³-hybridized carbons (Fsp3) is 0.227. The van der Waals surface area contributed by atoms with Crippen LogP contribution in [0.5, 0.6) is 0 Å². The Labute approximate surface area is 171 Å². The number of fused-ring (bicyclic) bond motifs is 2. The maximum atomic E-state index is 13.1. The normalized spacial score (nSPS) is 17.1. The largest absolute Gasteiger partial charge is 0.420 e. The SMILES string of the molecule is O=C(c1ccc2ncccc2c1)N1CCC[C@H](n2c(=O)oc3ccc(Cl)cc32)C1. The van der Waals surface area contributed by atoms with Gasteiger partial charge in [-0.15, -0.1) is 0 Å². The van der Waals surface area contributed by atoms with Crippen LogP contribution in [-0.4, -0.2) is 33.4 Å². The quantitative estimate of drug-likeness (QED) is 0.497. The third-order valence-corrected chi connectivity index (χ3v) is 5.71. The molecule has 0 saturated carbocycles. The molecule has 4 aromatic rings. The van der Waals surface area contributed by atoms with Crippen molar-refractivity contribution in [2.75, 3.05) is 13.1 Å². The molecular weight excluding hydrogens is 390 g/mol. The smallest absolute Gasteiger partial charge is 0.408 e. The Morgan fingerprint density at radius 3 is 2.97 bits per heavy atom. The Bertz CT molecular complexity index is 1290. The van der Waals surface area contributed by atoms with E-state index in [0.717, 1.165) is 23.7 Å². The Hall–Kier alpha value is -3.12. The highest BCUT2D eigenvalue weighted by Gasteiger charge is 2.28. The number of hydrogen-bond acceptors (Lipinski definition) is 4. The first-order chi connectivity index (χ1) is 14.1. The Morgan fingerprint density at radius 2 is 2.07 bits per heavy atom. The molecule has 1 atom stereocenters. The Balaban J connectivity index is 1.46. The highest BCUT2D eigenvalue weighted by atomic mass is 35.5. The topological polar surface area (TPSA) is 68.3 Å². The number of carbonyl (C=O) groups is 1. The van der Waals surface area contributed by atoms with Crippen molar-refractivity contribution in [3.63, 3.8) is 0 Å². The van der Waals surface area contributed by atoms with E-state index in [1.54, 1.807) is 35.0 Å². The molecule has 0 bridgehead atoms. The number of benzene rings is 2. The van der Waals surface area contributed by atoms with Crippen molar-refractivity contribution in [3.8, 4) is 0 Å². The molecule has 0 N–H and O–H groups in total. The molecule has 1 saturated heterocycles. The third kappa shape index (κ3) is 3.19. The minimum absolute atomic E-state index is 0.0423. The first-order valence-corrected chi connectivity index (χ1v) is 9.92. The number of nitrogens with zero attached hydrogens (tertiary/aromatic N) is 3. The minimum atomic E-state index is -0.418. The summed E-state index contributed by atoms with van der Waals surface area (Å²) >= 11 is 6.12. The van der Waals surface area contributed by atoms with E-state index in [1.165, 1.54) is 0 Å². The van der Waals surface area contributed by atoms with Gasteiger partial charge in [0.1, 0.15) is 0 Å². The number of pyridine rings is 1. The van der Waals surface area contributed by atoms with Crippen LogP contribution in [0.1, 0.15) is 29.2 Å². The molecule has 1 fully saturated rings. The van der Waals surface area contributed by atoms with Crippen LogP contribution < -0.4 is 5.76 Å². The van der Waals surface area contributed by atoms with E-state index in [2.05, 4.69) is 4.98 Å². The van der Waals surface area contributed by atoms with Crippen molar-refractivity contribution in [1.29, 1.82) is 0 Å². The van der Waals surface area contributed by atoms with Gasteiger partial charge in [-0.05, 0) is 55.3 Å². The number of piperidine rings is 1. The lowest BCUT2D eigenvalue weighted by Crippen LogP contribution is -2.42.